The Morgan fingerprint density at radius 2 is 1.76 bits per heavy atom. The molecule has 0 saturated carbocycles. The normalized spacial score (nSPS) is 12.5. The zero-order valence-electron chi connectivity index (χ0n) is 19.4. The Morgan fingerprint density at radius 1 is 1.14 bits per heavy atom. The van der Waals surface area contributed by atoms with Crippen molar-refractivity contribution in [2.75, 3.05) is 38.0 Å². The monoisotopic (exact) mass is 406 g/mol. The van der Waals surface area contributed by atoms with Crippen molar-refractivity contribution >= 4 is 23.3 Å². The lowest BCUT2D eigenvalue weighted by Crippen LogP contribution is -2.52. The van der Waals surface area contributed by atoms with Crippen LogP contribution in [0.15, 0.2) is 18.2 Å². The van der Waals surface area contributed by atoms with Crippen molar-refractivity contribution in [3.05, 3.63) is 23.8 Å². The van der Waals surface area contributed by atoms with Gasteiger partial charge in [0, 0.05) is 50.7 Å². The van der Waals surface area contributed by atoms with E-state index in [2.05, 4.69) is 31.4 Å². The molecule has 1 aromatic rings. The minimum atomic E-state index is -0.327. The van der Waals surface area contributed by atoms with Gasteiger partial charge in [-0.25, -0.2) is 4.79 Å². The molecule has 0 aliphatic heterocycles. The molecule has 7 heteroatoms. The molecule has 0 radical (unpaired) electrons. The summed E-state index contributed by atoms with van der Waals surface area (Å²) in [5.74, 6) is 0.0852. The van der Waals surface area contributed by atoms with Gasteiger partial charge in [0.15, 0.2) is 0 Å². The van der Waals surface area contributed by atoms with E-state index in [9.17, 15) is 9.59 Å². The number of carbonyl (C=O) groups is 2. The summed E-state index contributed by atoms with van der Waals surface area (Å²) in [7, 11) is 5.42. The molecule has 1 atom stereocenters. The van der Waals surface area contributed by atoms with Crippen molar-refractivity contribution in [1.29, 1.82) is 0 Å². The van der Waals surface area contributed by atoms with Gasteiger partial charge in [0.1, 0.15) is 6.61 Å². The predicted octanol–water partition coefficient (Wildman–Crippen LogP) is 3.69. The summed E-state index contributed by atoms with van der Waals surface area (Å²) >= 11 is 0. The molecule has 0 aromatic heterocycles. The third-order valence-electron chi connectivity index (χ3n) is 4.66. The van der Waals surface area contributed by atoms with Crippen molar-refractivity contribution in [3.8, 4) is 0 Å². The zero-order valence-corrected chi connectivity index (χ0v) is 19.4. The van der Waals surface area contributed by atoms with Crippen molar-refractivity contribution in [1.82, 2.24) is 10.2 Å². The number of hydrogen-bond acceptors (Lipinski definition) is 4. The quantitative estimate of drug-likeness (QED) is 0.690. The Bertz CT molecular complexity index is 696. The summed E-state index contributed by atoms with van der Waals surface area (Å²) in [4.78, 5) is 28.8. The van der Waals surface area contributed by atoms with E-state index in [1.165, 1.54) is 7.11 Å². The van der Waals surface area contributed by atoms with Gasteiger partial charge in [-0.05, 0) is 57.4 Å². The van der Waals surface area contributed by atoms with Crippen LogP contribution in [-0.4, -0.2) is 56.2 Å². The Labute approximate surface area is 175 Å². The molecule has 0 heterocycles. The van der Waals surface area contributed by atoms with Crippen LogP contribution in [0, 0.1) is 5.92 Å². The molecule has 0 fully saturated rings. The second-order valence-electron chi connectivity index (χ2n) is 9.01. The minimum Gasteiger partial charge on any atom is -0.377 e. The molecule has 7 nitrogen and oxygen atoms in total. The van der Waals surface area contributed by atoms with Crippen LogP contribution in [0.3, 0.4) is 0 Å². The van der Waals surface area contributed by atoms with Gasteiger partial charge in [-0.1, -0.05) is 13.8 Å². The first-order chi connectivity index (χ1) is 13.4. The fraction of sp³-hybridized carbons (Fsp3) is 0.636. The van der Waals surface area contributed by atoms with Crippen LogP contribution in [0.1, 0.15) is 47.1 Å². The highest BCUT2D eigenvalue weighted by Crippen LogP contribution is 2.26. The molecule has 0 unspecified atom stereocenters. The molecule has 2 N–H and O–H groups in total. The Balaban J connectivity index is 3.26. The highest BCUT2D eigenvalue weighted by molar-refractivity contribution is 5.92. The number of amides is 3. The van der Waals surface area contributed by atoms with Gasteiger partial charge in [0.2, 0.25) is 5.91 Å². The molecular formula is C22H38N4O3. The zero-order chi connectivity index (χ0) is 22.4. The maximum atomic E-state index is 13.1. The molecule has 0 aliphatic rings. The van der Waals surface area contributed by atoms with Crippen LogP contribution in [-0.2, 0) is 16.1 Å². The summed E-state index contributed by atoms with van der Waals surface area (Å²) in [5.41, 5.74) is 2.31. The fourth-order valence-electron chi connectivity index (χ4n) is 2.89. The van der Waals surface area contributed by atoms with Crippen molar-refractivity contribution < 1.29 is 14.3 Å². The van der Waals surface area contributed by atoms with Crippen LogP contribution in [0.5, 0.6) is 0 Å². The number of methoxy groups -OCH3 is 1. The number of carbonyl (C=O) groups excluding carboxylic acids is 2. The van der Waals surface area contributed by atoms with Gasteiger partial charge in [0.05, 0.1) is 0 Å². The fourth-order valence-corrected chi connectivity index (χ4v) is 2.89. The first-order valence-corrected chi connectivity index (χ1v) is 10.0. The predicted molar refractivity (Wildman–Crippen MR) is 119 cm³/mol. The number of urea groups is 1. The lowest BCUT2D eigenvalue weighted by molar-refractivity contribution is -0.119. The first kappa shape index (κ1) is 24.8. The number of nitrogens with zero attached hydrogens (tertiary/aromatic N) is 2. The molecule has 0 spiro atoms. The van der Waals surface area contributed by atoms with E-state index in [-0.39, 0.29) is 30.1 Å². The van der Waals surface area contributed by atoms with E-state index in [1.807, 2.05) is 62.9 Å². The van der Waals surface area contributed by atoms with Crippen molar-refractivity contribution in [2.45, 2.75) is 59.7 Å². The van der Waals surface area contributed by atoms with Gasteiger partial charge in [-0.3, -0.25) is 4.79 Å². The minimum absolute atomic E-state index is 0.00470. The topological polar surface area (TPSA) is 73.9 Å². The summed E-state index contributed by atoms with van der Waals surface area (Å²) in [5, 5.41) is 5.92. The average Bonchev–Trinajstić information content (AvgIpc) is 2.57. The van der Waals surface area contributed by atoms with E-state index < -0.39 is 0 Å². The molecule has 3 amide bonds. The largest absolute Gasteiger partial charge is 0.377 e. The van der Waals surface area contributed by atoms with Crippen LogP contribution >= 0.6 is 0 Å². The maximum absolute atomic E-state index is 13.1. The first-order valence-electron chi connectivity index (χ1n) is 10.0. The summed E-state index contributed by atoms with van der Waals surface area (Å²) in [6, 6.07) is 5.68. The van der Waals surface area contributed by atoms with Crippen LogP contribution in [0.2, 0.25) is 0 Å². The van der Waals surface area contributed by atoms with Gasteiger partial charge in [-0.2, -0.15) is 0 Å². The number of hydrogen-bond donors (Lipinski definition) is 2. The van der Waals surface area contributed by atoms with E-state index in [0.717, 1.165) is 11.3 Å². The van der Waals surface area contributed by atoms with E-state index >= 15 is 0 Å². The second kappa shape index (κ2) is 10.5. The standard InChI is InChI=1S/C22H38N4O3/c1-15(2)16(3)26(21(28)24-22(4,5)6)13-17-12-18(23-20(27)14-29-9)10-11-19(17)25(7)8/h10-12,15-16H,13-14H2,1-9H3,(H,23,27)(H,24,28)/t16-/m1/s1. The van der Waals surface area contributed by atoms with Crippen LogP contribution in [0.4, 0.5) is 16.2 Å². The Kier molecular flexibility index (Phi) is 8.95. The van der Waals surface area contributed by atoms with Gasteiger partial charge in [0.25, 0.3) is 0 Å². The van der Waals surface area contributed by atoms with Gasteiger partial charge < -0.3 is 25.2 Å². The van der Waals surface area contributed by atoms with Gasteiger partial charge >= 0.3 is 6.03 Å². The SMILES string of the molecule is COCC(=O)Nc1ccc(N(C)C)c(CN(C(=O)NC(C)(C)C)[C@H](C)C(C)C)c1. The summed E-state index contributed by atoms with van der Waals surface area (Å²) in [6.07, 6.45) is 0. The van der Waals surface area contributed by atoms with Crippen LogP contribution in [0.25, 0.3) is 0 Å². The smallest absolute Gasteiger partial charge is 0.318 e. The van der Waals surface area contributed by atoms with Crippen molar-refractivity contribution in [2.24, 2.45) is 5.92 Å². The average molecular weight is 407 g/mol. The summed E-state index contributed by atoms with van der Waals surface area (Å²) in [6.45, 7) is 12.6. The lowest BCUT2D eigenvalue weighted by atomic mass is 10.0. The Hall–Kier alpha value is -2.28. The van der Waals surface area contributed by atoms with E-state index in [4.69, 9.17) is 4.74 Å². The van der Waals surface area contributed by atoms with Crippen LogP contribution < -0.4 is 15.5 Å². The van der Waals surface area contributed by atoms with E-state index in [1.54, 1.807) is 0 Å². The lowest BCUT2D eigenvalue weighted by Gasteiger charge is -2.35. The highest BCUT2D eigenvalue weighted by atomic mass is 16.5. The number of benzene rings is 1. The molecule has 0 saturated heterocycles. The number of ether oxygens (including phenoxy) is 1. The third-order valence-corrected chi connectivity index (χ3v) is 4.66. The van der Waals surface area contributed by atoms with Gasteiger partial charge in [-0.15, -0.1) is 0 Å². The molecule has 0 bridgehead atoms. The third kappa shape index (κ3) is 7.93. The second-order valence-corrected chi connectivity index (χ2v) is 9.01. The summed E-state index contributed by atoms with van der Waals surface area (Å²) < 4.78 is 4.89. The molecule has 0 aliphatic carbocycles. The molecule has 1 aromatic carbocycles. The molecule has 29 heavy (non-hydrogen) atoms. The Morgan fingerprint density at radius 3 is 2.24 bits per heavy atom. The molecular weight excluding hydrogens is 368 g/mol. The molecule has 1 rings (SSSR count). The maximum Gasteiger partial charge on any atom is 0.318 e. The number of nitrogens with one attached hydrogen (secondary N) is 2. The highest BCUT2D eigenvalue weighted by Gasteiger charge is 2.27. The van der Waals surface area contributed by atoms with E-state index in [0.29, 0.717) is 18.2 Å². The van der Waals surface area contributed by atoms with Crippen molar-refractivity contribution in [3.63, 3.8) is 0 Å². The molecule has 164 valence electrons. The number of rotatable bonds is 8. The number of anilines is 2.